The highest BCUT2D eigenvalue weighted by molar-refractivity contribution is 6.32. The van der Waals surface area contributed by atoms with Gasteiger partial charge in [-0.05, 0) is 122 Å². The highest BCUT2D eigenvalue weighted by Crippen LogP contribution is 2.33. The van der Waals surface area contributed by atoms with E-state index in [1.54, 1.807) is 67.6 Å². The van der Waals surface area contributed by atoms with Gasteiger partial charge in [0, 0.05) is 48.8 Å². The molecule has 0 bridgehead atoms. The SMILES string of the molecule is CCc1c(Cl)ccc(Nc2ccc(C)cc2CC(=O)O)c1F.CCc1ccc(Nc2ccc(Cl)c(C)c2F)c(CC(=O)O)c1.CCc1ccc(Nc2ccc(Cl)c(CC)c2F)c(CC(=O)O)c1. The van der Waals surface area contributed by atoms with Crippen LogP contribution in [-0.4, -0.2) is 33.2 Å². The van der Waals surface area contributed by atoms with E-state index in [1.165, 1.54) is 0 Å². The van der Waals surface area contributed by atoms with Crippen molar-refractivity contribution in [1.82, 2.24) is 0 Å². The number of aliphatic carboxylic acids is 3. The van der Waals surface area contributed by atoms with Crippen LogP contribution in [0.15, 0.2) is 91.0 Å². The maximum Gasteiger partial charge on any atom is 0.307 e. The van der Waals surface area contributed by atoms with E-state index in [0.29, 0.717) is 84.0 Å². The van der Waals surface area contributed by atoms with Gasteiger partial charge >= 0.3 is 17.9 Å². The predicted molar refractivity (Wildman–Crippen MR) is 264 cm³/mol. The van der Waals surface area contributed by atoms with Crippen molar-refractivity contribution in [2.45, 2.75) is 86.5 Å². The number of anilines is 6. The molecule has 6 N–H and O–H groups in total. The van der Waals surface area contributed by atoms with Gasteiger partial charge in [-0.15, -0.1) is 0 Å². The third kappa shape index (κ3) is 14.9. The van der Waals surface area contributed by atoms with E-state index in [0.717, 1.165) is 29.5 Å². The molecule has 0 aliphatic heterocycles. The largest absolute Gasteiger partial charge is 0.481 e. The lowest BCUT2D eigenvalue weighted by molar-refractivity contribution is -0.137. The number of carboxylic acids is 3. The summed E-state index contributed by atoms with van der Waals surface area (Å²) in [6.07, 6.45) is 2.22. The van der Waals surface area contributed by atoms with Crippen molar-refractivity contribution in [3.8, 4) is 0 Å². The lowest BCUT2D eigenvalue weighted by Crippen LogP contribution is -2.06. The Balaban J connectivity index is 0.000000219. The average Bonchev–Trinajstić information content (AvgIpc) is 3.27. The minimum atomic E-state index is -0.931. The van der Waals surface area contributed by atoms with Crippen LogP contribution in [0, 0.1) is 31.3 Å². The van der Waals surface area contributed by atoms with E-state index in [9.17, 15) is 27.6 Å². The summed E-state index contributed by atoms with van der Waals surface area (Å²) in [6.45, 7) is 11.1. The van der Waals surface area contributed by atoms with E-state index in [-0.39, 0.29) is 30.6 Å². The quantitative estimate of drug-likeness (QED) is 0.0558. The van der Waals surface area contributed by atoms with Crippen molar-refractivity contribution in [1.29, 1.82) is 0 Å². The van der Waals surface area contributed by atoms with Gasteiger partial charge in [0.1, 0.15) is 0 Å². The summed E-state index contributed by atoms with van der Waals surface area (Å²) in [5.74, 6) is -4.03. The van der Waals surface area contributed by atoms with Gasteiger partial charge in [-0.3, -0.25) is 14.4 Å². The fourth-order valence-electron chi connectivity index (χ4n) is 6.98. The molecule has 0 saturated carbocycles. The molecule has 0 atom stereocenters. The molecule has 0 heterocycles. The highest BCUT2D eigenvalue weighted by Gasteiger charge is 2.17. The van der Waals surface area contributed by atoms with Crippen LogP contribution in [0.2, 0.25) is 15.1 Å². The fourth-order valence-corrected chi connectivity index (χ4v) is 7.68. The summed E-state index contributed by atoms with van der Waals surface area (Å²) in [6, 6.07) is 26.0. The smallest absolute Gasteiger partial charge is 0.307 e. The molecule has 0 radical (unpaired) electrons. The number of hydrogen-bond acceptors (Lipinski definition) is 6. The minimum absolute atomic E-state index is 0.119. The number of hydrogen-bond donors (Lipinski definition) is 6. The van der Waals surface area contributed by atoms with Gasteiger partial charge in [0.2, 0.25) is 0 Å². The standard InChI is InChI=1S/C18H19ClFNO2.2C17H17ClFNO2/c1-3-11-5-7-15(12(9-11)10-17(22)23)21-16-8-6-14(19)13(4-2)18(16)20;1-3-11-4-6-14(12(8-11)9-16(21)22)20-15-7-5-13(18)10(2)17(15)19;1-3-12-13(18)5-7-15(17(12)19)20-14-6-4-10(2)8-11(14)9-16(21)22/h5-9,21H,3-4,10H2,1-2H3,(H,22,23);2*4-8,20H,3,9H2,1-2H3,(H,21,22). The molecule has 6 aromatic rings. The zero-order valence-electron chi connectivity index (χ0n) is 37.9. The lowest BCUT2D eigenvalue weighted by Gasteiger charge is -2.15. The van der Waals surface area contributed by atoms with Crippen LogP contribution in [0.3, 0.4) is 0 Å². The second kappa shape index (κ2) is 25.1. The monoisotopic (exact) mass is 977 g/mol. The van der Waals surface area contributed by atoms with Crippen molar-refractivity contribution in [3.63, 3.8) is 0 Å². The van der Waals surface area contributed by atoms with Crippen LogP contribution in [0.4, 0.5) is 47.3 Å². The Bertz CT molecular complexity index is 2750. The molecule has 15 heteroatoms. The van der Waals surface area contributed by atoms with Crippen molar-refractivity contribution >= 4 is 86.8 Å². The second-order valence-electron chi connectivity index (χ2n) is 15.5. The third-order valence-corrected chi connectivity index (χ3v) is 11.8. The summed E-state index contributed by atoms with van der Waals surface area (Å²) < 4.78 is 43.1. The van der Waals surface area contributed by atoms with E-state index in [4.69, 9.17) is 50.1 Å². The van der Waals surface area contributed by atoms with Gasteiger partial charge in [0.05, 0.1) is 36.3 Å². The van der Waals surface area contributed by atoms with Gasteiger partial charge in [-0.25, -0.2) is 13.2 Å². The van der Waals surface area contributed by atoms with E-state index >= 15 is 0 Å². The van der Waals surface area contributed by atoms with E-state index in [1.807, 2.05) is 65.0 Å². The molecule has 6 rings (SSSR count). The van der Waals surface area contributed by atoms with Crippen LogP contribution in [-0.2, 0) is 59.3 Å². The number of carbonyl (C=O) groups is 3. The Morgan fingerprint density at radius 1 is 0.448 bits per heavy atom. The Morgan fingerprint density at radius 2 is 0.776 bits per heavy atom. The van der Waals surface area contributed by atoms with Crippen LogP contribution < -0.4 is 16.0 Å². The molecular formula is C52H53Cl3F3N3O6. The summed E-state index contributed by atoms with van der Waals surface area (Å²) in [5, 5.41) is 37.2. The molecule has 0 saturated heterocycles. The maximum atomic E-state index is 14.5. The van der Waals surface area contributed by atoms with Crippen LogP contribution in [0.1, 0.15) is 77.8 Å². The molecule has 0 aliphatic carbocycles. The first kappa shape index (κ1) is 53.4. The van der Waals surface area contributed by atoms with Crippen molar-refractivity contribution in [2.75, 3.05) is 16.0 Å². The number of nitrogens with one attached hydrogen (secondary N) is 3. The number of rotatable bonds is 16. The van der Waals surface area contributed by atoms with Crippen molar-refractivity contribution in [2.24, 2.45) is 0 Å². The summed E-state index contributed by atoms with van der Waals surface area (Å²) in [5.41, 5.74) is 8.75. The zero-order valence-corrected chi connectivity index (χ0v) is 40.2. The topological polar surface area (TPSA) is 148 Å². The van der Waals surface area contributed by atoms with E-state index in [2.05, 4.69) is 16.0 Å². The van der Waals surface area contributed by atoms with Crippen molar-refractivity contribution in [3.05, 3.63) is 174 Å². The zero-order chi connectivity index (χ0) is 49.5. The molecule has 9 nitrogen and oxygen atoms in total. The average molecular weight is 979 g/mol. The van der Waals surface area contributed by atoms with Gasteiger partial charge in [-0.2, -0.15) is 0 Å². The third-order valence-electron chi connectivity index (χ3n) is 10.6. The summed E-state index contributed by atoms with van der Waals surface area (Å²) in [4.78, 5) is 33.1. The molecule has 67 heavy (non-hydrogen) atoms. The minimum Gasteiger partial charge on any atom is -0.481 e. The second-order valence-corrected chi connectivity index (χ2v) is 16.7. The fraction of sp³-hybridized carbons (Fsp3) is 0.250. The van der Waals surface area contributed by atoms with Crippen LogP contribution >= 0.6 is 34.8 Å². The van der Waals surface area contributed by atoms with E-state index < -0.39 is 35.4 Å². The molecule has 354 valence electrons. The van der Waals surface area contributed by atoms with Gasteiger partial charge in [-0.1, -0.05) is 104 Å². The van der Waals surface area contributed by atoms with Gasteiger partial charge in [0.25, 0.3) is 0 Å². The highest BCUT2D eigenvalue weighted by atomic mass is 35.5. The first-order valence-corrected chi connectivity index (χ1v) is 22.6. The Morgan fingerprint density at radius 3 is 1.13 bits per heavy atom. The summed E-state index contributed by atoms with van der Waals surface area (Å²) >= 11 is 17.9. The van der Waals surface area contributed by atoms with Crippen LogP contribution in [0.5, 0.6) is 0 Å². The van der Waals surface area contributed by atoms with Gasteiger partial charge < -0.3 is 31.3 Å². The maximum absolute atomic E-state index is 14.5. The number of aryl methyl sites for hydroxylation is 3. The molecule has 0 spiro atoms. The molecule has 0 unspecified atom stereocenters. The lowest BCUT2D eigenvalue weighted by atomic mass is 10.0. The normalized spacial score (nSPS) is 10.6. The number of carboxylic acid groups (broad SMARTS) is 3. The Hall–Kier alpha value is -6.21. The Labute approximate surface area is 403 Å². The predicted octanol–water partition coefficient (Wildman–Crippen LogP) is 14.4. The molecule has 6 aromatic carbocycles. The Kier molecular flexibility index (Phi) is 20.0. The first-order chi connectivity index (χ1) is 31.8. The van der Waals surface area contributed by atoms with Crippen molar-refractivity contribution < 1.29 is 42.9 Å². The summed E-state index contributed by atoms with van der Waals surface area (Å²) in [7, 11) is 0. The molecule has 0 fully saturated rings. The molecular weight excluding hydrogens is 926 g/mol. The first-order valence-electron chi connectivity index (χ1n) is 21.5. The molecule has 0 aliphatic rings. The molecule has 0 amide bonds. The van der Waals surface area contributed by atoms with Crippen LogP contribution in [0.25, 0.3) is 0 Å². The molecule has 0 aromatic heterocycles. The number of benzene rings is 6. The van der Waals surface area contributed by atoms with Gasteiger partial charge in [0.15, 0.2) is 17.5 Å². The number of halogens is 6.